The molecule has 0 fully saturated rings. The molecule has 3 rings (SSSR count). The van der Waals surface area contributed by atoms with Gasteiger partial charge in [-0.25, -0.2) is 0 Å². The van der Waals surface area contributed by atoms with E-state index in [2.05, 4.69) is 10.2 Å². The van der Waals surface area contributed by atoms with Crippen molar-refractivity contribution in [2.24, 2.45) is 0 Å². The van der Waals surface area contributed by atoms with Crippen LogP contribution in [-0.4, -0.2) is 21.9 Å². The lowest BCUT2D eigenvalue weighted by molar-refractivity contribution is -0.145. The normalized spacial score (nSPS) is 10.6. The van der Waals surface area contributed by atoms with Crippen LogP contribution in [0.15, 0.2) is 51.5 Å². The highest BCUT2D eigenvalue weighted by molar-refractivity contribution is 6.30. The van der Waals surface area contributed by atoms with Crippen molar-refractivity contribution in [1.82, 2.24) is 10.2 Å². The highest BCUT2D eigenvalue weighted by Crippen LogP contribution is 2.18. The monoisotopic (exact) mass is 360 g/mol. The van der Waals surface area contributed by atoms with Gasteiger partial charge in [-0.3, -0.25) is 9.59 Å². The third kappa shape index (κ3) is 4.54. The molecule has 1 aromatic carbocycles. The van der Waals surface area contributed by atoms with Crippen LogP contribution < -0.4 is 0 Å². The van der Waals surface area contributed by atoms with Gasteiger partial charge in [0.25, 0.3) is 11.8 Å². The average molecular weight is 361 g/mol. The fourth-order valence-corrected chi connectivity index (χ4v) is 2.15. The molecule has 0 radical (unpaired) electrons. The second-order valence-corrected chi connectivity index (χ2v) is 5.51. The smallest absolute Gasteiger partial charge is 0.306 e. The summed E-state index contributed by atoms with van der Waals surface area (Å²) in [5.74, 6) is 0.0861. The van der Waals surface area contributed by atoms with Crippen LogP contribution >= 0.6 is 11.6 Å². The molecule has 0 saturated heterocycles. The molecule has 0 N–H and O–H groups in total. The van der Waals surface area contributed by atoms with Crippen LogP contribution in [0.4, 0.5) is 0 Å². The van der Waals surface area contributed by atoms with E-state index in [1.807, 2.05) is 0 Å². The van der Waals surface area contributed by atoms with Gasteiger partial charge in [0.15, 0.2) is 18.2 Å². The molecule has 0 bridgehead atoms. The molecule has 0 saturated carbocycles. The highest BCUT2D eigenvalue weighted by Gasteiger charge is 2.14. The van der Waals surface area contributed by atoms with Gasteiger partial charge in [0.05, 0.1) is 12.7 Å². The number of esters is 1. The zero-order valence-corrected chi connectivity index (χ0v) is 13.7. The minimum Gasteiger partial charge on any atom is -0.459 e. The Labute approximate surface area is 147 Å². The molecule has 2 aromatic heterocycles. The number of halogens is 1. The number of nitrogens with zero attached hydrogens (tertiary/aromatic N) is 2. The van der Waals surface area contributed by atoms with Gasteiger partial charge in [0.1, 0.15) is 0 Å². The van der Waals surface area contributed by atoms with E-state index in [1.165, 1.54) is 6.26 Å². The van der Waals surface area contributed by atoms with Crippen LogP contribution in [0, 0.1) is 0 Å². The first-order valence-electron chi connectivity index (χ1n) is 7.42. The van der Waals surface area contributed by atoms with Gasteiger partial charge < -0.3 is 13.6 Å². The molecule has 0 atom stereocenters. The predicted molar refractivity (Wildman–Crippen MR) is 86.8 cm³/mol. The van der Waals surface area contributed by atoms with Crippen LogP contribution in [0.3, 0.4) is 0 Å². The molecule has 0 unspecified atom stereocenters. The number of aromatic nitrogens is 2. The van der Waals surface area contributed by atoms with Gasteiger partial charge in [-0.05, 0) is 36.4 Å². The molecular weight excluding hydrogens is 348 g/mol. The van der Waals surface area contributed by atoms with Gasteiger partial charge in [-0.1, -0.05) is 11.6 Å². The first-order chi connectivity index (χ1) is 12.1. The van der Waals surface area contributed by atoms with Gasteiger partial charge in [0.2, 0.25) is 0 Å². The number of ketones is 1. The van der Waals surface area contributed by atoms with Gasteiger partial charge in [-0.15, -0.1) is 10.2 Å². The van der Waals surface area contributed by atoms with Crippen molar-refractivity contribution in [2.75, 3.05) is 0 Å². The molecule has 7 nitrogen and oxygen atoms in total. The number of rotatable bonds is 7. The largest absolute Gasteiger partial charge is 0.459 e. The van der Waals surface area contributed by atoms with E-state index >= 15 is 0 Å². The zero-order chi connectivity index (χ0) is 17.6. The summed E-state index contributed by atoms with van der Waals surface area (Å²) in [6, 6.07) is 9.84. The molecule has 0 aliphatic rings. The Hall–Kier alpha value is -2.93. The fourth-order valence-electron chi connectivity index (χ4n) is 2.02. The molecule has 128 valence electrons. The van der Waals surface area contributed by atoms with Crippen molar-refractivity contribution in [3.8, 4) is 11.7 Å². The Bertz CT molecular complexity index is 856. The molecule has 8 heteroatoms. The van der Waals surface area contributed by atoms with Crippen LogP contribution in [0.2, 0.25) is 5.02 Å². The molecule has 25 heavy (non-hydrogen) atoms. The van der Waals surface area contributed by atoms with Crippen LogP contribution in [0.25, 0.3) is 11.7 Å². The molecule has 0 spiro atoms. The lowest BCUT2D eigenvalue weighted by Gasteiger charge is -2.02. The quantitative estimate of drug-likeness (QED) is 0.468. The summed E-state index contributed by atoms with van der Waals surface area (Å²) >= 11 is 5.77. The first kappa shape index (κ1) is 16.9. The summed E-state index contributed by atoms with van der Waals surface area (Å²) < 4.78 is 15.5. The third-order valence-corrected chi connectivity index (χ3v) is 3.53. The standard InChI is InChI=1S/C17H13ClN2O5/c18-12-5-3-11(4-6-12)13(21)7-8-16(22)24-10-15-19-20-17(25-15)14-2-1-9-23-14/h1-6,9H,7-8,10H2. The molecule has 0 aliphatic carbocycles. The van der Waals surface area contributed by atoms with Crippen LogP contribution in [0.5, 0.6) is 0 Å². The van der Waals surface area contributed by atoms with Crippen molar-refractivity contribution < 1.29 is 23.2 Å². The summed E-state index contributed by atoms with van der Waals surface area (Å²) in [5.41, 5.74) is 0.497. The Balaban J connectivity index is 1.45. The predicted octanol–water partition coefficient (Wildman–Crippen LogP) is 3.69. The highest BCUT2D eigenvalue weighted by atomic mass is 35.5. The van der Waals surface area contributed by atoms with E-state index in [0.29, 0.717) is 16.3 Å². The summed E-state index contributed by atoms with van der Waals surface area (Å²) in [5, 5.41) is 8.10. The number of furan rings is 1. The Morgan fingerprint density at radius 3 is 2.60 bits per heavy atom. The van der Waals surface area contributed by atoms with Gasteiger partial charge in [-0.2, -0.15) is 0 Å². The summed E-state index contributed by atoms with van der Waals surface area (Å²) in [6.07, 6.45) is 1.49. The molecule has 3 aromatic rings. The SMILES string of the molecule is O=C(CCC(=O)c1ccc(Cl)cc1)OCc1nnc(-c2ccco2)o1. The van der Waals surface area contributed by atoms with Gasteiger partial charge in [0, 0.05) is 17.0 Å². The van der Waals surface area contributed by atoms with E-state index in [-0.39, 0.29) is 37.0 Å². The maximum Gasteiger partial charge on any atom is 0.306 e. The molecule has 0 amide bonds. The minimum absolute atomic E-state index is 0.0410. The Kier molecular flexibility index (Phi) is 5.25. The van der Waals surface area contributed by atoms with Crippen LogP contribution in [0.1, 0.15) is 29.1 Å². The fraction of sp³-hybridized carbons (Fsp3) is 0.176. The van der Waals surface area contributed by atoms with Gasteiger partial charge >= 0.3 is 5.97 Å². The average Bonchev–Trinajstić information content (AvgIpc) is 3.29. The van der Waals surface area contributed by atoms with E-state index in [0.717, 1.165) is 0 Å². The van der Waals surface area contributed by atoms with E-state index in [9.17, 15) is 9.59 Å². The maximum absolute atomic E-state index is 12.0. The lowest BCUT2D eigenvalue weighted by atomic mass is 10.1. The number of carbonyl (C=O) groups excluding carboxylic acids is 2. The molecule has 0 aliphatic heterocycles. The van der Waals surface area contributed by atoms with Crippen molar-refractivity contribution >= 4 is 23.4 Å². The number of Topliss-reactive ketones (excluding diaryl/α,β-unsaturated/α-hetero) is 1. The second-order valence-electron chi connectivity index (χ2n) is 5.07. The van der Waals surface area contributed by atoms with E-state index < -0.39 is 5.97 Å². The third-order valence-electron chi connectivity index (χ3n) is 3.28. The minimum atomic E-state index is -0.528. The number of carbonyl (C=O) groups is 2. The lowest BCUT2D eigenvalue weighted by Crippen LogP contribution is -2.08. The number of ether oxygens (including phenoxy) is 1. The maximum atomic E-state index is 12.0. The Morgan fingerprint density at radius 2 is 1.88 bits per heavy atom. The summed E-state index contributed by atoms with van der Waals surface area (Å²) in [6.45, 7) is -0.165. The number of hydrogen-bond acceptors (Lipinski definition) is 7. The molecular formula is C17H13ClN2O5. The molecule has 2 heterocycles. The van der Waals surface area contributed by atoms with Crippen LogP contribution in [-0.2, 0) is 16.1 Å². The van der Waals surface area contributed by atoms with Crippen molar-refractivity contribution in [3.63, 3.8) is 0 Å². The van der Waals surface area contributed by atoms with E-state index in [1.54, 1.807) is 36.4 Å². The number of hydrogen-bond donors (Lipinski definition) is 0. The zero-order valence-electron chi connectivity index (χ0n) is 13.0. The topological polar surface area (TPSA) is 95.4 Å². The first-order valence-corrected chi connectivity index (χ1v) is 7.80. The van der Waals surface area contributed by atoms with E-state index in [4.69, 9.17) is 25.2 Å². The van der Waals surface area contributed by atoms with Crippen molar-refractivity contribution in [3.05, 3.63) is 59.1 Å². The summed E-state index contributed by atoms with van der Waals surface area (Å²) in [7, 11) is 0. The van der Waals surface area contributed by atoms with Crippen molar-refractivity contribution in [2.45, 2.75) is 19.4 Å². The Morgan fingerprint density at radius 1 is 1.08 bits per heavy atom. The summed E-state index contributed by atoms with van der Waals surface area (Å²) in [4.78, 5) is 23.7. The van der Waals surface area contributed by atoms with Crippen molar-refractivity contribution in [1.29, 1.82) is 0 Å². The second kappa shape index (κ2) is 7.76. The number of benzene rings is 1.